The molecule has 1 aliphatic rings. The van der Waals surface area contributed by atoms with Crippen LogP contribution in [0.5, 0.6) is 0 Å². The van der Waals surface area contributed by atoms with Crippen molar-refractivity contribution >= 4 is 22.7 Å². The molecule has 1 saturated heterocycles. The Morgan fingerprint density at radius 1 is 1.71 bits per heavy atom. The predicted molar refractivity (Wildman–Crippen MR) is 50.5 cm³/mol. The van der Waals surface area contributed by atoms with Crippen LogP contribution in [0.2, 0.25) is 0 Å². The van der Waals surface area contributed by atoms with Crippen molar-refractivity contribution in [2.24, 2.45) is 0 Å². The molecule has 0 radical (unpaired) electrons. The van der Waals surface area contributed by atoms with Crippen LogP contribution in [0.3, 0.4) is 0 Å². The highest BCUT2D eigenvalue weighted by Gasteiger charge is 2.29. The van der Waals surface area contributed by atoms with E-state index < -0.39 is 16.8 Å². The first-order valence-electron chi connectivity index (χ1n) is 4.09. The fourth-order valence-corrected chi connectivity index (χ4v) is 2.21. The van der Waals surface area contributed by atoms with E-state index in [1.807, 2.05) is 0 Å². The lowest BCUT2D eigenvalue weighted by molar-refractivity contribution is -0.137. The molecule has 0 saturated carbocycles. The van der Waals surface area contributed by atoms with E-state index in [0.717, 1.165) is 6.08 Å². The summed E-state index contributed by atoms with van der Waals surface area (Å²) in [5, 5.41) is 0.216. The van der Waals surface area contributed by atoms with Crippen molar-refractivity contribution in [2.75, 3.05) is 19.4 Å². The van der Waals surface area contributed by atoms with Crippen LogP contribution in [0.4, 0.5) is 0 Å². The fraction of sp³-hybridized carbons (Fsp3) is 0.500. The van der Waals surface area contributed by atoms with Crippen molar-refractivity contribution in [1.82, 2.24) is 4.90 Å². The Morgan fingerprint density at radius 2 is 2.36 bits per heavy atom. The quantitative estimate of drug-likeness (QED) is 0.467. The number of ether oxygens (including phenoxy) is 1. The van der Waals surface area contributed by atoms with Crippen LogP contribution in [-0.2, 0) is 25.1 Å². The minimum Gasteiger partial charge on any atom is -0.463 e. The Balaban J connectivity index is 2.81. The van der Waals surface area contributed by atoms with E-state index >= 15 is 0 Å². The first kappa shape index (κ1) is 10.9. The van der Waals surface area contributed by atoms with Gasteiger partial charge in [-0.25, -0.2) is 4.79 Å². The molecule has 0 aromatic heterocycles. The highest BCUT2D eigenvalue weighted by Crippen LogP contribution is 2.16. The molecule has 5 nitrogen and oxygen atoms in total. The molecule has 0 aromatic carbocycles. The normalized spacial score (nSPS) is 24.4. The van der Waals surface area contributed by atoms with Gasteiger partial charge < -0.3 is 9.64 Å². The lowest BCUT2D eigenvalue weighted by atomic mass is 10.5. The summed E-state index contributed by atoms with van der Waals surface area (Å²) in [5.41, 5.74) is 0. The van der Waals surface area contributed by atoms with Gasteiger partial charge in [-0.3, -0.25) is 9.00 Å². The van der Waals surface area contributed by atoms with Crippen molar-refractivity contribution < 1.29 is 18.5 Å². The Labute approximate surface area is 84.2 Å². The van der Waals surface area contributed by atoms with Crippen LogP contribution in [0.1, 0.15) is 6.92 Å². The van der Waals surface area contributed by atoms with Gasteiger partial charge in [-0.1, -0.05) is 0 Å². The number of nitrogens with zero attached hydrogens (tertiary/aromatic N) is 1. The SMILES string of the molecule is CCOC(=O)/C=C1/N(C)C(=O)CS1=O. The molecule has 0 bridgehead atoms. The highest BCUT2D eigenvalue weighted by molar-refractivity contribution is 7.90. The number of carbonyl (C=O) groups is 2. The Kier molecular flexibility index (Phi) is 3.40. The summed E-state index contributed by atoms with van der Waals surface area (Å²) in [6, 6.07) is 0. The van der Waals surface area contributed by atoms with Gasteiger partial charge in [0.25, 0.3) is 0 Å². The summed E-state index contributed by atoms with van der Waals surface area (Å²) in [4.78, 5) is 23.3. The maximum atomic E-state index is 11.3. The molecule has 1 unspecified atom stereocenters. The summed E-state index contributed by atoms with van der Waals surface area (Å²) in [6.45, 7) is 1.93. The molecule has 1 atom stereocenters. The molecule has 0 aromatic rings. The number of hydrogen-bond acceptors (Lipinski definition) is 4. The molecule has 78 valence electrons. The molecule has 1 aliphatic heterocycles. The Morgan fingerprint density at radius 3 is 2.79 bits per heavy atom. The maximum absolute atomic E-state index is 11.3. The molecule has 1 heterocycles. The molecule has 0 N–H and O–H groups in total. The Hall–Kier alpha value is -1.17. The van der Waals surface area contributed by atoms with E-state index in [2.05, 4.69) is 4.74 Å². The van der Waals surface area contributed by atoms with E-state index in [0.29, 0.717) is 0 Å². The van der Waals surface area contributed by atoms with Crippen LogP contribution in [-0.4, -0.2) is 40.4 Å². The van der Waals surface area contributed by atoms with E-state index in [1.165, 1.54) is 11.9 Å². The van der Waals surface area contributed by atoms with Gasteiger partial charge in [0.1, 0.15) is 10.8 Å². The summed E-state index contributed by atoms with van der Waals surface area (Å²) in [6.07, 6.45) is 1.10. The summed E-state index contributed by atoms with van der Waals surface area (Å²) in [7, 11) is 0.0761. The first-order valence-corrected chi connectivity index (χ1v) is 5.41. The molecule has 0 aliphatic carbocycles. The molecule has 14 heavy (non-hydrogen) atoms. The predicted octanol–water partition coefficient (Wildman–Crippen LogP) is -0.388. The molecule has 6 heteroatoms. The monoisotopic (exact) mass is 217 g/mol. The average molecular weight is 217 g/mol. The third-order valence-corrected chi connectivity index (χ3v) is 3.09. The van der Waals surface area contributed by atoms with Crippen molar-refractivity contribution in [3.63, 3.8) is 0 Å². The smallest absolute Gasteiger partial charge is 0.333 e. The molecule has 0 spiro atoms. The van der Waals surface area contributed by atoms with Crippen LogP contribution in [0, 0.1) is 0 Å². The minimum atomic E-state index is -1.41. The zero-order chi connectivity index (χ0) is 10.7. The van der Waals surface area contributed by atoms with Crippen LogP contribution < -0.4 is 0 Å². The summed E-state index contributed by atoms with van der Waals surface area (Å²) < 4.78 is 16.0. The van der Waals surface area contributed by atoms with Crippen molar-refractivity contribution in [3.05, 3.63) is 11.1 Å². The molecule has 1 amide bonds. The molecule has 1 fully saturated rings. The maximum Gasteiger partial charge on any atom is 0.333 e. The van der Waals surface area contributed by atoms with Gasteiger partial charge >= 0.3 is 5.97 Å². The largest absolute Gasteiger partial charge is 0.463 e. The zero-order valence-corrected chi connectivity index (χ0v) is 8.80. The third kappa shape index (κ3) is 2.20. The van der Waals surface area contributed by atoms with Gasteiger partial charge in [-0.05, 0) is 6.92 Å². The molecular formula is C8H11NO4S. The van der Waals surface area contributed by atoms with Crippen molar-refractivity contribution in [2.45, 2.75) is 6.92 Å². The minimum absolute atomic E-state index is 0.0538. The number of carbonyl (C=O) groups excluding carboxylic acids is 2. The second-order valence-electron chi connectivity index (χ2n) is 2.68. The van der Waals surface area contributed by atoms with E-state index in [1.54, 1.807) is 6.92 Å². The first-order chi connectivity index (χ1) is 6.56. The van der Waals surface area contributed by atoms with Crippen LogP contribution in [0.25, 0.3) is 0 Å². The van der Waals surface area contributed by atoms with Gasteiger partial charge in [0.05, 0.1) is 23.5 Å². The third-order valence-electron chi connectivity index (χ3n) is 1.72. The van der Waals surface area contributed by atoms with Crippen molar-refractivity contribution in [1.29, 1.82) is 0 Å². The van der Waals surface area contributed by atoms with Gasteiger partial charge in [-0.2, -0.15) is 0 Å². The second kappa shape index (κ2) is 4.36. The number of amides is 1. The Bertz CT molecular complexity index is 323. The van der Waals surface area contributed by atoms with E-state index in [-0.39, 0.29) is 23.3 Å². The zero-order valence-electron chi connectivity index (χ0n) is 7.98. The molecular weight excluding hydrogens is 206 g/mol. The van der Waals surface area contributed by atoms with Gasteiger partial charge in [-0.15, -0.1) is 0 Å². The standard InChI is InChI=1S/C8H11NO4S/c1-3-13-8(11)4-7-9(2)6(10)5-14(7)12/h4H,3,5H2,1-2H3/b7-4-. The van der Waals surface area contributed by atoms with Gasteiger partial charge in [0.15, 0.2) is 0 Å². The van der Waals surface area contributed by atoms with Crippen LogP contribution in [0.15, 0.2) is 11.1 Å². The number of rotatable bonds is 2. The average Bonchev–Trinajstić information content (AvgIpc) is 2.33. The fourth-order valence-electron chi connectivity index (χ4n) is 1.01. The van der Waals surface area contributed by atoms with Crippen LogP contribution >= 0.6 is 0 Å². The van der Waals surface area contributed by atoms with Crippen molar-refractivity contribution in [3.8, 4) is 0 Å². The topological polar surface area (TPSA) is 63.7 Å². The van der Waals surface area contributed by atoms with E-state index in [9.17, 15) is 13.8 Å². The summed E-state index contributed by atoms with van der Waals surface area (Å²) >= 11 is 0. The number of hydrogen-bond donors (Lipinski definition) is 0. The van der Waals surface area contributed by atoms with Gasteiger partial charge in [0.2, 0.25) is 5.91 Å². The number of esters is 1. The second-order valence-corrected chi connectivity index (χ2v) is 4.08. The van der Waals surface area contributed by atoms with Gasteiger partial charge in [0, 0.05) is 7.05 Å². The van der Waals surface area contributed by atoms with E-state index in [4.69, 9.17) is 0 Å². The lowest BCUT2D eigenvalue weighted by Crippen LogP contribution is -2.19. The highest BCUT2D eigenvalue weighted by atomic mass is 32.2. The molecule has 1 rings (SSSR count). The summed E-state index contributed by atoms with van der Waals surface area (Å²) in [5.74, 6) is -0.877. The lowest BCUT2D eigenvalue weighted by Gasteiger charge is -2.07.